The molecule has 2 aromatic heterocycles. The van der Waals surface area contributed by atoms with Crippen LogP contribution in [0.5, 0.6) is 0 Å². The van der Waals surface area contributed by atoms with E-state index in [1.807, 2.05) is 0 Å². The lowest BCUT2D eigenvalue weighted by atomic mass is 10.3. The summed E-state index contributed by atoms with van der Waals surface area (Å²) >= 11 is 0. The number of furan rings is 1. The van der Waals surface area contributed by atoms with Crippen molar-refractivity contribution in [1.82, 2.24) is 4.98 Å². The van der Waals surface area contributed by atoms with Gasteiger partial charge in [-0.25, -0.2) is 13.6 Å². The summed E-state index contributed by atoms with van der Waals surface area (Å²) in [4.78, 5) is 4.14. The van der Waals surface area contributed by atoms with Crippen LogP contribution in [0.1, 0.15) is 12.0 Å². The zero-order valence-electron chi connectivity index (χ0n) is 9.20. The van der Waals surface area contributed by atoms with Gasteiger partial charge in [0.05, 0.1) is 18.9 Å². The second-order valence-corrected chi connectivity index (χ2v) is 5.32. The first kappa shape index (κ1) is 11.6. The molecule has 1 fully saturated rings. The number of hydrogen-bond acceptors (Lipinski definition) is 6. The Morgan fingerprint density at radius 1 is 1.28 bits per heavy atom. The normalized spacial score (nSPS) is 17.6. The predicted octanol–water partition coefficient (Wildman–Crippen LogP) is 0.521. The lowest BCUT2D eigenvalue weighted by Crippen LogP contribution is -2.10. The van der Waals surface area contributed by atoms with E-state index in [0.29, 0.717) is 29.9 Å². The Labute approximate surface area is 103 Å². The fourth-order valence-corrected chi connectivity index (χ4v) is 2.22. The molecular weight excluding hydrogens is 260 g/mol. The minimum Gasteiger partial charge on any atom is -0.443 e. The number of ether oxygens (including phenoxy) is 2. The van der Waals surface area contributed by atoms with Gasteiger partial charge < -0.3 is 13.9 Å². The third kappa shape index (κ3) is 1.99. The number of sulfonamides is 1. The zero-order valence-corrected chi connectivity index (χ0v) is 10.0. The summed E-state index contributed by atoms with van der Waals surface area (Å²) in [5, 5.41) is 5.26. The molecule has 8 heteroatoms. The Kier molecular flexibility index (Phi) is 2.59. The van der Waals surface area contributed by atoms with E-state index >= 15 is 0 Å². The van der Waals surface area contributed by atoms with Crippen molar-refractivity contribution in [3.63, 3.8) is 0 Å². The molecule has 0 saturated carbocycles. The molecule has 0 unspecified atom stereocenters. The summed E-state index contributed by atoms with van der Waals surface area (Å²) < 4.78 is 38.1. The Balaban J connectivity index is 2.06. The summed E-state index contributed by atoms with van der Waals surface area (Å²) in [6.07, 6.45) is 0.964. The van der Waals surface area contributed by atoms with E-state index in [0.717, 1.165) is 0 Å². The van der Waals surface area contributed by atoms with E-state index in [4.69, 9.17) is 19.0 Å². The average molecular weight is 270 g/mol. The molecule has 1 saturated heterocycles. The van der Waals surface area contributed by atoms with Crippen LogP contribution >= 0.6 is 0 Å². The third-order valence-corrected chi connectivity index (χ3v) is 3.31. The zero-order chi connectivity index (χ0) is 12.8. The van der Waals surface area contributed by atoms with Gasteiger partial charge in [0.25, 0.3) is 10.0 Å². The molecule has 0 radical (unpaired) electrons. The van der Waals surface area contributed by atoms with Gasteiger partial charge in [-0.2, -0.15) is 0 Å². The van der Waals surface area contributed by atoms with Crippen molar-refractivity contribution in [2.45, 2.75) is 11.4 Å². The molecule has 0 aliphatic carbocycles. The molecule has 2 aromatic rings. The van der Waals surface area contributed by atoms with Crippen LogP contribution in [0.25, 0.3) is 11.0 Å². The smallest absolute Gasteiger partial charge is 0.271 e. The fraction of sp³-hybridized carbons (Fsp3) is 0.300. The van der Waals surface area contributed by atoms with E-state index in [-0.39, 0.29) is 5.09 Å². The van der Waals surface area contributed by atoms with Crippen LogP contribution < -0.4 is 5.14 Å². The molecule has 2 N–H and O–H groups in total. The second-order valence-electron chi connectivity index (χ2n) is 3.83. The largest absolute Gasteiger partial charge is 0.443 e. The Bertz CT molecular complexity index is 687. The molecule has 1 aliphatic heterocycles. The Hall–Kier alpha value is -1.48. The molecule has 3 heterocycles. The van der Waals surface area contributed by atoms with E-state index in [1.54, 1.807) is 6.07 Å². The van der Waals surface area contributed by atoms with Crippen LogP contribution in [0.4, 0.5) is 0 Å². The first-order valence-electron chi connectivity index (χ1n) is 5.19. The molecule has 0 bridgehead atoms. The predicted molar refractivity (Wildman–Crippen MR) is 60.0 cm³/mol. The molecule has 0 spiro atoms. The van der Waals surface area contributed by atoms with E-state index < -0.39 is 16.3 Å². The summed E-state index contributed by atoms with van der Waals surface area (Å²) in [5.74, 6) is 0. The number of fused-ring (bicyclic) bond motifs is 1. The van der Waals surface area contributed by atoms with Crippen molar-refractivity contribution in [2.75, 3.05) is 13.2 Å². The number of rotatable bonds is 2. The molecule has 18 heavy (non-hydrogen) atoms. The standard InChI is InChI=1S/C10H10N2O5S/c11-18(13,14)9-3-6-5-12-7(4-8(6)17-9)10-15-1-2-16-10/h3-5,10H,1-2H2,(H2,11,13,14). The number of hydrogen-bond donors (Lipinski definition) is 1. The van der Waals surface area contributed by atoms with Gasteiger partial charge in [0.1, 0.15) is 5.58 Å². The number of primary sulfonamides is 1. The molecule has 7 nitrogen and oxygen atoms in total. The third-order valence-electron chi connectivity index (χ3n) is 2.54. The van der Waals surface area contributed by atoms with E-state index in [2.05, 4.69) is 4.98 Å². The van der Waals surface area contributed by atoms with Crippen LogP contribution in [-0.2, 0) is 19.5 Å². The van der Waals surface area contributed by atoms with E-state index in [1.165, 1.54) is 12.3 Å². The highest BCUT2D eigenvalue weighted by molar-refractivity contribution is 7.89. The topological polar surface area (TPSA) is 105 Å². The van der Waals surface area contributed by atoms with Gasteiger partial charge in [-0.15, -0.1) is 0 Å². The maximum Gasteiger partial charge on any atom is 0.271 e. The van der Waals surface area contributed by atoms with Crippen molar-refractivity contribution in [1.29, 1.82) is 0 Å². The van der Waals surface area contributed by atoms with Gasteiger partial charge in [0.2, 0.25) is 11.4 Å². The molecule has 96 valence electrons. The first-order chi connectivity index (χ1) is 8.54. The van der Waals surface area contributed by atoms with Crippen molar-refractivity contribution in [3.8, 4) is 0 Å². The van der Waals surface area contributed by atoms with Gasteiger partial charge in [-0.3, -0.25) is 4.98 Å². The first-order valence-corrected chi connectivity index (χ1v) is 6.74. The van der Waals surface area contributed by atoms with Gasteiger partial charge in [-0.05, 0) is 0 Å². The maximum absolute atomic E-state index is 11.2. The minimum absolute atomic E-state index is 0.287. The van der Waals surface area contributed by atoms with Gasteiger partial charge in [0, 0.05) is 23.7 Å². The lowest BCUT2D eigenvalue weighted by molar-refractivity contribution is -0.0472. The number of aromatic nitrogens is 1. The molecule has 0 amide bonds. The van der Waals surface area contributed by atoms with Crippen LogP contribution in [0.15, 0.2) is 27.8 Å². The highest BCUT2D eigenvalue weighted by atomic mass is 32.2. The van der Waals surface area contributed by atoms with Crippen LogP contribution in [0.2, 0.25) is 0 Å². The molecular formula is C10H10N2O5S. The lowest BCUT2D eigenvalue weighted by Gasteiger charge is -2.06. The van der Waals surface area contributed by atoms with Crippen LogP contribution in [-0.4, -0.2) is 26.6 Å². The molecule has 0 atom stereocenters. The number of nitrogens with two attached hydrogens (primary N) is 1. The van der Waals surface area contributed by atoms with Crippen molar-refractivity contribution < 1.29 is 22.3 Å². The quantitative estimate of drug-likeness (QED) is 0.853. The molecule has 0 aromatic carbocycles. The fourth-order valence-electron chi connectivity index (χ4n) is 1.72. The summed E-state index contributed by atoms with van der Waals surface area (Å²) in [6, 6.07) is 2.91. The van der Waals surface area contributed by atoms with Crippen molar-refractivity contribution in [2.24, 2.45) is 5.14 Å². The number of nitrogens with zero attached hydrogens (tertiary/aromatic N) is 1. The highest BCUT2D eigenvalue weighted by Gasteiger charge is 2.21. The monoisotopic (exact) mass is 270 g/mol. The Morgan fingerprint density at radius 3 is 2.67 bits per heavy atom. The van der Waals surface area contributed by atoms with Gasteiger partial charge in [0.15, 0.2) is 0 Å². The average Bonchev–Trinajstić information content (AvgIpc) is 2.96. The van der Waals surface area contributed by atoms with Gasteiger partial charge in [-0.1, -0.05) is 0 Å². The summed E-state index contributed by atoms with van der Waals surface area (Å²) in [5.41, 5.74) is 0.915. The molecule has 1 aliphatic rings. The second kappa shape index (κ2) is 4.02. The Morgan fingerprint density at radius 2 is 2.00 bits per heavy atom. The maximum atomic E-state index is 11.2. The van der Waals surface area contributed by atoms with Crippen molar-refractivity contribution in [3.05, 3.63) is 24.0 Å². The van der Waals surface area contributed by atoms with E-state index in [9.17, 15) is 8.42 Å². The highest BCUT2D eigenvalue weighted by Crippen LogP contribution is 2.27. The van der Waals surface area contributed by atoms with Crippen LogP contribution in [0.3, 0.4) is 0 Å². The van der Waals surface area contributed by atoms with Crippen molar-refractivity contribution >= 4 is 21.0 Å². The summed E-state index contributed by atoms with van der Waals surface area (Å²) in [7, 11) is -3.85. The van der Waals surface area contributed by atoms with Gasteiger partial charge >= 0.3 is 0 Å². The molecule has 3 rings (SSSR count). The summed E-state index contributed by atoms with van der Waals surface area (Å²) in [6.45, 7) is 1.01. The minimum atomic E-state index is -3.85. The number of pyridine rings is 1. The SMILES string of the molecule is NS(=O)(=O)c1cc2cnc(C3OCCO3)cc2o1. The van der Waals surface area contributed by atoms with Crippen LogP contribution in [0, 0.1) is 0 Å².